The zero-order valence-electron chi connectivity index (χ0n) is 13.3. The fourth-order valence-corrected chi connectivity index (χ4v) is 2.23. The van der Waals surface area contributed by atoms with Crippen molar-refractivity contribution in [3.8, 4) is 0 Å². The summed E-state index contributed by atoms with van der Waals surface area (Å²) in [6.45, 7) is 2.43. The van der Waals surface area contributed by atoms with Gasteiger partial charge in [0, 0.05) is 12.2 Å². The molecule has 2 rings (SSSR count). The molecule has 1 unspecified atom stereocenters. The summed E-state index contributed by atoms with van der Waals surface area (Å²) in [6.07, 6.45) is -0.771. The monoisotopic (exact) mass is 316 g/mol. The van der Waals surface area contributed by atoms with Gasteiger partial charge in [-0.15, -0.1) is 0 Å². The Labute approximate surface area is 135 Å². The highest BCUT2D eigenvalue weighted by atomic mass is 19.1. The molecule has 0 bridgehead atoms. The summed E-state index contributed by atoms with van der Waals surface area (Å²) in [6, 6.07) is 13.3. The summed E-state index contributed by atoms with van der Waals surface area (Å²) < 4.78 is 12.9. The van der Waals surface area contributed by atoms with E-state index in [-0.39, 0.29) is 24.8 Å². The maximum atomic E-state index is 12.9. The molecule has 5 heteroatoms. The second-order valence-electron chi connectivity index (χ2n) is 5.68. The van der Waals surface area contributed by atoms with Crippen LogP contribution in [0.15, 0.2) is 48.5 Å². The number of rotatable bonds is 6. The molecule has 1 atom stereocenters. The summed E-state index contributed by atoms with van der Waals surface area (Å²) >= 11 is 0. The summed E-state index contributed by atoms with van der Waals surface area (Å²) in [5.74, 6) is -0.491. The highest BCUT2D eigenvalue weighted by Gasteiger charge is 2.13. The second kappa shape index (κ2) is 7.85. The Balaban J connectivity index is 1.83. The minimum atomic E-state index is -0.771. The van der Waals surface area contributed by atoms with Crippen LogP contribution in [0.5, 0.6) is 0 Å². The van der Waals surface area contributed by atoms with E-state index in [2.05, 4.69) is 5.32 Å². The number of aliphatic hydroxyl groups excluding tert-OH is 1. The summed E-state index contributed by atoms with van der Waals surface area (Å²) in [4.78, 5) is 13.7. The third kappa shape index (κ3) is 5.47. The van der Waals surface area contributed by atoms with E-state index in [0.29, 0.717) is 5.56 Å². The topological polar surface area (TPSA) is 52.6 Å². The van der Waals surface area contributed by atoms with Crippen molar-refractivity contribution in [2.45, 2.75) is 13.0 Å². The third-order valence-corrected chi connectivity index (χ3v) is 3.49. The lowest BCUT2D eigenvalue weighted by Gasteiger charge is -2.20. The van der Waals surface area contributed by atoms with Crippen LogP contribution < -0.4 is 5.32 Å². The molecule has 0 aliphatic carbocycles. The van der Waals surface area contributed by atoms with Gasteiger partial charge in [0.1, 0.15) is 5.82 Å². The molecular formula is C18H21FN2O2. The molecule has 2 N–H and O–H groups in total. The molecule has 0 fully saturated rings. The number of likely N-dealkylation sites (N-methyl/N-ethyl adjacent to an activating group) is 1. The number of nitrogens with one attached hydrogen (secondary N) is 1. The maximum Gasteiger partial charge on any atom is 0.238 e. The lowest BCUT2D eigenvalue weighted by molar-refractivity contribution is -0.117. The molecule has 0 aliphatic heterocycles. The largest absolute Gasteiger partial charge is 0.387 e. The van der Waals surface area contributed by atoms with E-state index >= 15 is 0 Å². The number of carbonyl (C=O) groups excluding carboxylic acids is 1. The molecule has 0 radical (unpaired) electrons. The first-order chi connectivity index (χ1) is 10.9. The van der Waals surface area contributed by atoms with E-state index in [0.717, 1.165) is 11.3 Å². The Hall–Kier alpha value is -2.24. The van der Waals surface area contributed by atoms with Gasteiger partial charge in [0.2, 0.25) is 5.91 Å². The van der Waals surface area contributed by atoms with Gasteiger partial charge in [0.05, 0.1) is 12.6 Å². The first kappa shape index (κ1) is 17.1. The van der Waals surface area contributed by atoms with Crippen LogP contribution in [-0.2, 0) is 4.79 Å². The summed E-state index contributed by atoms with van der Waals surface area (Å²) in [5.41, 5.74) is 2.49. The van der Waals surface area contributed by atoms with Crippen LogP contribution in [-0.4, -0.2) is 36.1 Å². The van der Waals surface area contributed by atoms with Gasteiger partial charge in [-0.3, -0.25) is 9.69 Å². The van der Waals surface area contributed by atoms with Crippen molar-refractivity contribution in [1.82, 2.24) is 4.90 Å². The van der Waals surface area contributed by atoms with Gasteiger partial charge >= 0.3 is 0 Å². The van der Waals surface area contributed by atoms with Crippen molar-refractivity contribution in [2.75, 3.05) is 25.5 Å². The third-order valence-electron chi connectivity index (χ3n) is 3.49. The highest BCUT2D eigenvalue weighted by molar-refractivity contribution is 5.92. The zero-order chi connectivity index (χ0) is 16.8. The molecule has 0 aliphatic rings. The van der Waals surface area contributed by atoms with Crippen molar-refractivity contribution in [3.63, 3.8) is 0 Å². The Morgan fingerprint density at radius 2 is 1.78 bits per heavy atom. The first-order valence-electron chi connectivity index (χ1n) is 7.42. The summed E-state index contributed by atoms with van der Waals surface area (Å²) in [7, 11) is 1.75. The smallest absolute Gasteiger partial charge is 0.238 e. The lowest BCUT2D eigenvalue weighted by Crippen LogP contribution is -2.33. The number of carbonyl (C=O) groups is 1. The van der Waals surface area contributed by atoms with Gasteiger partial charge in [-0.1, -0.05) is 29.8 Å². The van der Waals surface area contributed by atoms with Crippen LogP contribution in [0, 0.1) is 12.7 Å². The average molecular weight is 316 g/mol. The van der Waals surface area contributed by atoms with E-state index < -0.39 is 6.10 Å². The fourth-order valence-electron chi connectivity index (χ4n) is 2.23. The van der Waals surface area contributed by atoms with E-state index in [4.69, 9.17) is 0 Å². The first-order valence-corrected chi connectivity index (χ1v) is 7.42. The predicted molar refractivity (Wildman–Crippen MR) is 88.7 cm³/mol. The molecule has 2 aromatic rings. The van der Waals surface area contributed by atoms with Crippen LogP contribution in [0.2, 0.25) is 0 Å². The Bertz CT molecular complexity index is 641. The number of amides is 1. The quantitative estimate of drug-likeness (QED) is 0.861. The molecule has 122 valence electrons. The van der Waals surface area contributed by atoms with Gasteiger partial charge < -0.3 is 10.4 Å². The molecule has 1 amide bonds. The second-order valence-corrected chi connectivity index (χ2v) is 5.68. The Kier molecular flexibility index (Phi) is 5.84. The van der Waals surface area contributed by atoms with E-state index in [1.807, 2.05) is 31.2 Å². The summed E-state index contributed by atoms with van der Waals surface area (Å²) in [5, 5.41) is 12.9. The number of nitrogens with zero attached hydrogens (tertiary/aromatic N) is 1. The lowest BCUT2D eigenvalue weighted by atomic mass is 10.1. The number of halogens is 1. The van der Waals surface area contributed by atoms with Crippen LogP contribution >= 0.6 is 0 Å². The number of benzene rings is 2. The van der Waals surface area contributed by atoms with Gasteiger partial charge in [0.15, 0.2) is 0 Å². The van der Waals surface area contributed by atoms with Crippen molar-refractivity contribution in [3.05, 3.63) is 65.5 Å². The molecule has 0 saturated heterocycles. The molecular weight excluding hydrogens is 295 g/mol. The molecule has 0 aromatic heterocycles. The standard InChI is InChI=1S/C18H21FN2O2/c1-13-3-9-16(10-4-13)20-18(23)12-21(2)11-17(22)14-5-7-15(19)8-6-14/h3-10,17,22H,11-12H2,1-2H3,(H,20,23). The van der Waals surface area contributed by atoms with Crippen molar-refractivity contribution in [2.24, 2.45) is 0 Å². The van der Waals surface area contributed by atoms with Crippen molar-refractivity contribution in [1.29, 1.82) is 0 Å². The van der Waals surface area contributed by atoms with E-state index in [1.54, 1.807) is 24.1 Å². The molecule has 23 heavy (non-hydrogen) atoms. The number of aryl methyl sites for hydroxylation is 1. The number of aliphatic hydroxyl groups is 1. The van der Waals surface area contributed by atoms with Crippen molar-refractivity contribution >= 4 is 11.6 Å². The SMILES string of the molecule is Cc1ccc(NC(=O)CN(C)CC(O)c2ccc(F)cc2)cc1. The van der Waals surface area contributed by atoms with E-state index in [1.165, 1.54) is 12.1 Å². The van der Waals surface area contributed by atoms with Crippen LogP contribution in [0.25, 0.3) is 0 Å². The number of hydrogen-bond donors (Lipinski definition) is 2. The molecule has 0 spiro atoms. The Morgan fingerprint density at radius 3 is 2.39 bits per heavy atom. The predicted octanol–water partition coefficient (Wildman–Crippen LogP) is 2.74. The highest BCUT2D eigenvalue weighted by Crippen LogP contribution is 2.14. The Morgan fingerprint density at radius 1 is 1.17 bits per heavy atom. The minimum absolute atomic E-state index is 0.150. The van der Waals surface area contributed by atoms with Gasteiger partial charge in [-0.2, -0.15) is 0 Å². The van der Waals surface area contributed by atoms with Crippen LogP contribution in [0.3, 0.4) is 0 Å². The van der Waals surface area contributed by atoms with Gasteiger partial charge in [0.25, 0.3) is 0 Å². The van der Waals surface area contributed by atoms with Crippen molar-refractivity contribution < 1.29 is 14.3 Å². The molecule has 0 heterocycles. The minimum Gasteiger partial charge on any atom is -0.387 e. The van der Waals surface area contributed by atoms with Gasteiger partial charge in [-0.05, 0) is 43.8 Å². The average Bonchev–Trinajstić information content (AvgIpc) is 2.50. The zero-order valence-corrected chi connectivity index (χ0v) is 13.3. The number of hydrogen-bond acceptors (Lipinski definition) is 3. The van der Waals surface area contributed by atoms with Crippen LogP contribution in [0.4, 0.5) is 10.1 Å². The molecule has 2 aromatic carbocycles. The van der Waals surface area contributed by atoms with Gasteiger partial charge in [-0.25, -0.2) is 4.39 Å². The maximum absolute atomic E-state index is 12.9. The number of anilines is 1. The van der Waals surface area contributed by atoms with E-state index in [9.17, 15) is 14.3 Å². The molecule has 4 nitrogen and oxygen atoms in total. The van der Waals surface area contributed by atoms with Crippen LogP contribution in [0.1, 0.15) is 17.2 Å². The fraction of sp³-hybridized carbons (Fsp3) is 0.278. The molecule has 0 saturated carbocycles. The normalized spacial score (nSPS) is 12.2.